The second kappa shape index (κ2) is 4.82. The fourth-order valence-electron chi connectivity index (χ4n) is 1.01. The van der Waals surface area contributed by atoms with E-state index in [0.29, 0.717) is 0 Å². The minimum absolute atomic E-state index is 0.101. The van der Waals surface area contributed by atoms with Gasteiger partial charge in [0.1, 0.15) is 12.2 Å². The Balaban J connectivity index is 2.59. The van der Waals surface area contributed by atoms with Gasteiger partial charge in [0.2, 0.25) is 0 Å². The molecule has 16 heavy (non-hydrogen) atoms. The maximum atomic E-state index is 11.2. The third kappa shape index (κ3) is 3.01. The van der Waals surface area contributed by atoms with Gasteiger partial charge in [0.25, 0.3) is 11.8 Å². The zero-order valence-corrected chi connectivity index (χ0v) is 8.14. The van der Waals surface area contributed by atoms with E-state index in [9.17, 15) is 14.4 Å². The van der Waals surface area contributed by atoms with Gasteiger partial charge in [0.15, 0.2) is 0 Å². The van der Waals surface area contributed by atoms with E-state index < -0.39 is 24.5 Å². The summed E-state index contributed by atoms with van der Waals surface area (Å²) >= 11 is 0. The van der Waals surface area contributed by atoms with E-state index in [2.05, 4.69) is 5.43 Å². The summed E-state index contributed by atoms with van der Waals surface area (Å²) < 4.78 is 1.12. The molecule has 8 nitrogen and oxygen atoms in total. The van der Waals surface area contributed by atoms with Gasteiger partial charge in [-0.05, 0) is 12.1 Å². The number of nitrogens with one attached hydrogen (secondary N) is 2. The summed E-state index contributed by atoms with van der Waals surface area (Å²) in [5.74, 6) is -1.31. The summed E-state index contributed by atoms with van der Waals surface area (Å²) in [6.07, 6.45) is 0.108. The molecule has 0 radical (unpaired) electrons. The summed E-state index contributed by atoms with van der Waals surface area (Å²) in [5.41, 5.74) is 7.42. The Morgan fingerprint density at radius 2 is 2.12 bits per heavy atom. The third-order valence-electron chi connectivity index (χ3n) is 1.65. The lowest BCUT2D eigenvalue weighted by Gasteiger charge is -2.08. The van der Waals surface area contributed by atoms with E-state index in [4.69, 9.17) is 10.8 Å². The van der Waals surface area contributed by atoms with E-state index in [1.807, 2.05) is 5.32 Å². The quantitative estimate of drug-likeness (QED) is 0.521. The van der Waals surface area contributed by atoms with Crippen LogP contribution in [-0.2, 0) is 4.79 Å². The molecule has 0 spiro atoms. The first kappa shape index (κ1) is 11.6. The van der Waals surface area contributed by atoms with Gasteiger partial charge in [-0.25, -0.2) is 4.79 Å². The zero-order chi connectivity index (χ0) is 12.1. The minimum Gasteiger partial charge on any atom is -0.465 e. The molecule has 1 aromatic rings. The van der Waals surface area contributed by atoms with Crippen molar-refractivity contribution in [2.45, 2.75) is 0 Å². The van der Waals surface area contributed by atoms with Crippen LogP contribution in [-0.4, -0.2) is 34.2 Å². The molecule has 0 bridgehead atoms. The average molecular weight is 226 g/mol. The lowest BCUT2D eigenvalue weighted by Crippen LogP contribution is -2.36. The van der Waals surface area contributed by atoms with Crippen molar-refractivity contribution in [3.05, 3.63) is 24.0 Å². The average Bonchev–Trinajstić information content (AvgIpc) is 2.62. The first-order chi connectivity index (χ1) is 7.50. The van der Waals surface area contributed by atoms with Crippen LogP contribution in [0.3, 0.4) is 0 Å². The lowest BCUT2D eigenvalue weighted by molar-refractivity contribution is -0.116. The topological polar surface area (TPSA) is 126 Å². The second-order valence-electron chi connectivity index (χ2n) is 2.82. The highest BCUT2D eigenvalue weighted by atomic mass is 16.4. The van der Waals surface area contributed by atoms with Gasteiger partial charge in [0, 0.05) is 6.20 Å². The Hall–Kier alpha value is -2.51. The van der Waals surface area contributed by atoms with Gasteiger partial charge in [-0.15, -0.1) is 0 Å². The van der Waals surface area contributed by atoms with Crippen molar-refractivity contribution in [1.82, 2.24) is 9.99 Å². The van der Waals surface area contributed by atoms with E-state index >= 15 is 0 Å². The SMILES string of the molecule is NC(=O)c1cccn1NC(=O)CNC(=O)O. The number of aromatic nitrogens is 1. The monoisotopic (exact) mass is 226 g/mol. The van der Waals surface area contributed by atoms with Crippen molar-refractivity contribution < 1.29 is 19.5 Å². The Labute approximate surface area is 90.0 Å². The molecule has 0 fully saturated rings. The van der Waals surface area contributed by atoms with Gasteiger partial charge in [-0.2, -0.15) is 0 Å². The molecule has 0 aromatic carbocycles. The van der Waals surface area contributed by atoms with Gasteiger partial charge < -0.3 is 16.2 Å². The molecule has 0 unspecified atom stereocenters. The molecule has 1 rings (SSSR count). The summed E-state index contributed by atoms with van der Waals surface area (Å²) in [7, 11) is 0. The highest BCUT2D eigenvalue weighted by molar-refractivity contribution is 5.93. The molecule has 86 valence electrons. The molecule has 5 N–H and O–H groups in total. The third-order valence-corrected chi connectivity index (χ3v) is 1.65. The van der Waals surface area contributed by atoms with E-state index in [1.165, 1.54) is 18.3 Å². The number of hydrogen-bond acceptors (Lipinski definition) is 3. The molecular weight excluding hydrogens is 216 g/mol. The highest BCUT2D eigenvalue weighted by Crippen LogP contribution is 1.97. The number of primary amides is 1. The first-order valence-electron chi connectivity index (χ1n) is 4.24. The molecule has 0 aliphatic rings. The number of hydrogen-bond donors (Lipinski definition) is 4. The summed E-state index contributed by atoms with van der Waals surface area (Å²) in [4.78, 5) is 32.2. The second-order valence-corrected chi connectivity index (χ2v) is 2.82. The van der Waals surface area contributed by atoms with Crippen LogP contribution in [0.2, 0.25) is 0 Å². The summed E-state index contributed by atoms with van der Waals surface area (Å²) in [5, 5.41) is 10.1. The molecule has 0 aliphatic carbocycles. The molecule has 1 aromatic heterocycles. The van der Waals surface area contributed by atoms with Crippen LogP contribution < -0.4 is 16.5 Å². The summed E-state index contributed by atoms with van der Waals surface area (Å²) in [6.45, 7) is -0.411. The predicted molar refractivity (Wildman–Crippen MR) is 53.3 cm³/mol. The number of rotatable bonds is 4. The Kier molecular flexibility index (Phi) is 3.49. The fourth-order valence-corrected chi connectivity index (χ4v) is 1.01. The standard InChI is InChI=1S/C8H10N4O4/c9-7(14)5-2-1-3-12(5)11-6(13)4-10-8(15)16/h1-3,10H,4H2,(H2,9,14)(H,11,13)(H,15,16). The Morgan fingerprint density at radius 1 is 1.44 bits per heavy atom. The van der Waals surface area contributed by atoms with Crippen LogP contribution in [0.4, 0.5) is 4.79 Å². The molecule has 1 heterocycles. The highest BCUT2D eigenvalue weighted by Gasteiger charge is 2.09. The van der Waals surface area contributed by atoms with Crippen LogP contribution in [0.15, 0.2) is 18.3 Å². The molecule has 0 atom stereocenters. The molecule has 3 amide bonds. The maximum absolute atomic E-state index is 11.2. The number of amides is 3. The normalized spacial score (nSPS) is 9.50. The molecule has 0 saturated heterocycles. The Morgan fingerprint density at radius 3 is 2.69 bits per heavy atom. The van der Waals surface area contributed by atoms with Crippen molar-refractivity contribution >= 4 is 17.9 Å². The van der Waals surface area contributed by atoms with Gasteiger partial charge in [0.05, 0.1) is 0 Å². The minimum atomic E-state index is -1.31. The fraction of sp³-hybridized carbons (Fsp3) is 0.125. The molecule has 0 aliphatic heterocycles. The van der Waals surface area contributed by atoms with E-state index in [0.717, 1.165) is 4.68 Å². The van der Waals surface area contributed by atoms with E-state index in [1.54, 1.807) is 0 Å². The largest absolute Gasteiger partial charge is 0.465 e. The van der Waals surface area contributed by atoms with Crippen molar-refractivity contribution in [2.75, 3.05) is 12.0 Å². The van der Waals surface area contributed by atoms with E-state index in [-0.39, 0.29) is 5.69 Å². The van der Waals surface area contributed by atoms with Crippen LogP contribution in [0.5, 0.6) is 0 Å². The van der Waals surface area contributed by atoms with Crippen LogP contribution in [0.1, 0.15) is 10.5 Å². The first-order valence-corrected chi connectivity index (χ1v) is 4.24. The number of carbonyl (C=O) groups is 3. The van der Waals surface area contributed by atoms with Crippen LogP contribution >= 0.6 is 0 Å². The van der Waals surface area contributed by atoms with Crippen molar-refractivity contribution in [3.63, 3.8) is 0 Å². The van der Waals surface area contributed by atoms with Crippen LogP contribution in [0, 0.1) is 0 Å². The lowest BCUT2D eigenvalue weighted by atomic mass is 10.4. The Bertz CT molecular complexity index is 425. The number of nitrogens with two attached hydrogens (primary N) is 1. The maximum Gasteiger partial charge on any atom is 0.405 e. The van der Waals surface area contributed by atoms with Gasteiger partial charge in [-0.3, -0.25) is 19.7 Å². The number of nitrogens with zero attached hydrogens (tertiary/aromatic N) is 1. The molecule has 0 saturated carbocycles. The number of carbonyl (C=O) groups excluding carboxylic acids is 2. The van der Waals surface area contributed by atoms with Gasteiger partial charge in [-0.1, -0.05) is 0 Å². The summed E-state index contributed by atoms with van der Waals surface area (Å²) in [6, 6.07) is 2.94. The zero-order valence-electron chi connectivity index (χ0n) is 8.14. The van der Waals surface area contributed by atoms with Gasteiger partial charge >= 0.3 is 6.09 Å². The smallest absolute Gasteiger partial charge is 0.405 e. The predicted octanol–water partition coefficient (Wildman–Crippen LogP) is -1.08. The molecule has 8 heteroatoms. The van der Waals surface area contributed by atoms with Crippen LogP contribution in [0.25, 0.3) is 0 Å². The number of carboxylic acid groups (broad SMARTS) is 1. The van der Waals surface area contributed by atoms with Crippen molar-refractivity contribution in [3.8, 4) is 0 Å². The van der Waals surface area contributed by atoms with Crippen molar-refractivity contribution in [1.29, 1.82) is 0 Å². The molecular formula is C8H10N4O4. The van der Waals surface area contributed by atoms with Crippen molar-refractivity contribution in [2.24, 2.45) is 5.73 Å².